The van der Waals surface area contributed by atoms with Crippen LogP contribution in [0.1, 0.15) is 42.5 Å². The van der Waals surface area contributed by atoms with Gasteiger partial charge in [0.25, 0.3) is 0 Å². The molecule has 142 valence electrons. The normalized spacial score (nSPS) is 26.4. The number of H-pyrrole nitrogens is 1. The molecule has 7 heteroatoms. The van der Waals surface area contributed by atoms with E-state index in [1.54, 1.807) is 6.20 Å². The summed E-state index contributed by atoms with van der Waals surface area (Å²) in [5.74, 6) is 0. The topological polar surface area (TPSA) is 60.9 Å². The number of aromatic nitrogens is 2. The summed E-state index contributed by atoms with van der Waals surface area (Å²) in [6.07, 6.45) is -1.83. The van der Waals surface area contributed by atoms with Crippen molar-refractivity contribution in [3.63, 3.8) is 0 Å². The van der Waals surface area contributed by atoms with E-state index >= 15 is 0 Å². The molecule has 4 nitrogen and oxygen atoms in total. The van der Waals surface area contributed by atoms with E-state index in [0.717, 1.165) is 28.6 Å². The summed E-state index contributed by atoms with van der Waals surface area (Å²) in [5, 5.41) is 22.7. The maximum Gasteiger partial charge on any atom is 0.416 e. The molecule has 1 aliphatic rings. The van der Waals surface area contributed by atoms with E-state index in [1.807, 2.05) is 25.1 Å². The van der Waals surface area contributed by atoms with Crippen molar-refractivity contribution in [3.05, 3.63) is 65.4 Å². The zero-order chi connectivity index (χ0) is 19.2. The van der Waals surface area contributed by atoms with Crippen molar-refractivity contribution in [1.82, 2.24) is 15.5 Å². The predicted molar refractivity (Wildman–Crippen MR) is 96.0 cm³/mol. The van der Waals surface area contributed by atoms with Crippen molar-refractivity contribution in [2.45, 2.75) is 43.6 Å². The van der Waals surface area contributed by atoms with Crippen molar-refractivity contribution in [3.8, 4) is 0 Å². The number of hydrogen-bond acceptors (Lipinski definition) is 3. The first kappa shape index (κ1) is 18.0. The van der Waals surface area contributed by atoms with Gasteiger partial charge in [0.15, 0.2) is 0 Å². The quantitative estimate of drug-likeness (QED) is 0.626. The largest absolute Gasteiger partial charge is 0.416 e. The van der Waals surface area contributed by atoms with Crippen LogP contribution in [0.25, 0.3) is 10.9 Å². The molecule has 2 heterocycles. The first-order chi connectivity index (χ1) is 12.7. The Bertz CT molecular complexity index is 951. The Kier molecular flexibility index (Phi) is 4.24. The highest BCUT2D eigenvalue weighted by molar-refractivity contribution is 5.78. The van der Waals surface area contributed by atoms with Crippen molar-refractivity contribution < 1.29 is 18.3 Å². The molecule has 3 N–H and O–H groups in total. The lowest BCUT2D eigenvalue weighted by atomic mass is 9.77. The maximum absolute atomic E-state index is 12.8. The fraction of sp³-hybridized carbons (Fsp3) is 0.350. The second-order valence-corrected chi connectivity index (χ2v) is 7.35. The molecule has 1 saturated heterocycles. The van der Waals surface area contributed by atoms with E-state index in [0.29, 0.717) is 18.4 Å². The van der Waals surface area contributed by atoms with Crippen LogP contribution in [0.3, 0.4) is 0 Å². The number of halogens is 3. The van der Waals surface area contributed by atoms with Crippen LogP contribution in [-0.2, 0) is 11.8 Å². The Labute approximate surface area is 154 Å². The molecule has 1 aliphatic heterocycles. The summed E-state index contributed by atoms with van der Waals surface area (Å²) in [6, 6.07) is 10.7. The highest BCUT2D eigenvalue weighted by Gasteiger charge is 2.40. The number of rotatable bonds is 2. The first-order valence-corrected chi connectivity index (χ1v) is 8.84. The zero-order valence-electron chi connectivity index (χ0n) is 14.7. The van der Waals surface area contributed by atoms with Crippen LogP contribution in [0.15, 0.2) is 48.7 Å². The second-order valence-electron chi connectivity index (χ2n) is 7.35. The highest BCUT2D eigenvalue weighted by atomic mass is 19.4. The minimum absolute atomic E-state index is 0.0103. The van der Waals surface area contributed by atoms with E-state index in [9.17, 15) is 18.3 Å². The molecule has 1 unspecified atom stereocenters. The van der Waals surface area contributed by atoms with Crippen molar-refractivity contribution >= 4 is 10.9 Å². The van der Waals surface area contributed by atoms with Crippen LogP contribution in [0, 0.1) is 0 Å². The number of aromatic amines is 1. The number of nitrogens with one attached hydrogen (secondary N) is 2. The van der Waals surface area contributed by atoms with Gasteiger partial charge in [-0.3, -0.25) is 5.10 Å². The molecule has 0 saturated carbocycles. The summed E-state index contributed by atoms with van der Waals surface area (Å²) >= 11 is 0. The molecule has 0 aliphatic carbocycles. The molecule has 0 radical (unpaired) electrons. The Morgan fingerprint density at radius 3 is 2.56 bits per heavy atom. The van der Waals surface area contributed by atoms with E-state index in [2.05, 4.69) is 15.5 Å². The number of benzene rings is 2. The molecular weight excluding hydrogens is 355 g/mol. The maximum atomic E-state index is 12.8. The second kappa shape index (κ2) is 6.35. The van der Waals surface area contributed by atoms with Crippen LogP contribution in [0.4, 0.5) is 13.2 Å². The van der Waals surface area contributed by atoms with E-state index in [-0.39, 0.29) is 12.1 Å². The van der Waals surface area contributed by atoms with Gasteiger partial charge in [-0.2, -0.15) is 18.3 Å². The molecule has 4 rings (SSSR count). The number of alkyl halides is 3. The Morgan fingerprint density at radius 1 is 1.11 bits per heavy atom. The third-order valence-corrected chi connectivity index (χ3v) is 5.29. The third-order valence-electron chi connectivity index (χ3n) is 5.29. The van der Waals surface area contributed by atoms with Crippen LogP contribution >= 0.6 is 0 Å². The molecular formula is C20H20F3N3O. The van der Waals surface area contributed by atoms with Gasteiger partial charge < -0.3 is 10.4 Å². The van der Waals surface area contributed by atoms with Crippen molar-refractivity contribution in [1.29, 1.82) is 0 Å². The van der Waals surface area contributed by atoms with Gasteiger partial charge in [0.05, 0.1) is 22.9 Å². The van der Waals surface area contributed by atoms with Crippen LogP contribution < -0.4 is 5.32 Å². The molecule has 1 fully saturated rings. The minimum atomic E-state index is -4.38. The summed E-state index contributed by atoms with van der Waals surface area (Å²) < 4.78 is 38.5. The predicted octanol–water partition coefficient (Wildman–Crippen LogP) is 4.28. The lowest BCUT2D eigenvalue weighted by molar-refractivity contribution is -0.137. The Balaban J connectivity index is 1.64. The lowest BCUT2D eigenvalue weighted by Gasteiger charge is -2.41. The highest BCUT2D eigenvalue weighted by Crippen LogP contribution is 2.41. The van der Waals surface area contributed by atoms with Crippen LogP contribution in [-0.4, -0.2) is 21.3 Å². The van der Waals surface area contributed by atoms with Crippen molar-refractivity contribution in [2.75, 3.05) is 0 Å². The Morgan fingerprint density at radius 2 is 1.85 bits per heavy atom. The number of piperidine rings is 1. The molecule has 1 aromatic heterocycles. The summed E-state index contributed by atoms with van der Waals surface area (Å²) in [6.45, 7) is 1.97. The van der Waals surface area contributed by atoms with E-state index in [1.165, 1.54) is 12.1 Å². The van der Waals surface area contributed by atoms with Gasteiger partial charge in [-0.25, -0.2) is 0 Å². The average Bonchev–Trinajstić information content (AvgIpc) is 3.08. The molecule has 2 aromatic carbocycles. The van der Waals surface area contributed by atoms with Crippen LogP contribution in [0.5, 0.6) is 0 Å². The average molecular weight is 375 g/mol. The molecule has 0 amide bonds. The number of nitrogens with zero attached hydrogens (tertiary/aromatic N) is 1. The minimum Gasteiger partial charge on any atom is -0.385 e. The lowest BCUT2D eigenvalue weighted by Crippen LogP contribution is -2.46. The third kappa shape index (κ3) is 3.44. The first-order valence-electron chi connectivity index (χ1n) is 8.84. The SMILES string of the molecule is C[C@H]1CC(O)(c2ccc(C(F)(F)F)cc2)C[C@@H](c2ccc3[nH]ncc3c2)N1. The molecule has 0 spiro atoms. The fourth-order valence-electron chi connectivity index (χ4n) is 3.99. The van der Waals surface area contributed by atoms with E-state index < -0.39 is 17.3 Å². The summed E-state index contributed by atoms with van der Waals surface area (Å²) in [4.78, 5) is 0. The monoisotopic (exact) mass is 375 g/mol. The molecule has 3 atom stereocenters. The molecule has 0 bridgehead atoms. The molecule has 27 heavy (non-hydrogen) atoms. The number of fused-ring (bicyclic) bond motifs is 1. The Hall–Kier alpha value is -2.38. The standard InChI is InChI=1S/C20H20F3N3O/c1-12-9-19(27,15-3-5-16(6-4-15)20(21,22)23)10-18(25-12)13-2-7-17-14(8-13)11-24-26-17/h2-8,11-12,18,25,27H,9-10H2,1H3,(H,24,26)/t12-,18-,19?/m0/s1. The summed E-state index contributed by atoms with van der Waals surface area (Å²) in [7, 11) is 0. The van der Waals surface area contributed by atoms with Crippen LogP contribution in [0.2, 0.25) is 0 Å². The molecule has 3 aromatic rings. The number of hydrogen-bond donors (Lipinski definition) is 3. The van der Waals surface area contributed by atoms with Gasteiger partial charge in [-0.1, -0.05) is 18.2 Å². The van der Waals surface area contributed by atoms with Gasteiger partial charge >= 0.3 is 6.18 Å². The number of aliphatic hydroxyl groups is 1. The van der Waals surface area contributed by atoms with Crippen molar-refractivity contribution in [2.24, 2.45) is 0 Å². The smallest absolute Gasteiger partial charge is 0.385 e. The van der Waals surface area contributed by atoms with Gasteiger partial charge in [0.1, 0.15) is 0 Å². The van der Waals surface area contributed by atoms with Gasteiger partial charge in [-0.15, -0.1) is 0 Å². The fourth-order valence-corrected chi connectivity index (χ4v) is 3.99. The van der Waals surface area contributed by atoms with E-state index in [4.69, 9.17) is 0 Å². The van der Waals surface area contributed by atoms with Gasteiger partial charge in [-0.05, 0) is 55.2 Å². The zero-order valence-corrected chi connectivity index (χ0v) is 14.7. The van der Waals surface area contributed by atoms with Gasteiger partial charge in [0.2, 0.25) is 0 Å². The summed E-state index contributed by atoms with van der Waals surface area (Å²) in [5.41, 5.74) is 0.559. The van der Waals surface area contributed by atoms with Gasteiger partial charge in [0, 0.05) is 17.5 Å².